The van der Waals surface area contributed by atoms with E-state index < -0.39 is 0 Å². The fourth-order valence-electron chi connectivity index (χ4n) is 2.09. The first-order valence-electron chi connectivity index (χ1n) is 7.03. The molecule has 7 heteroatoms. The second-order valence-electron chi connectivity index (χ2n) is 5.42. The van der Waals surface area contributed by atoms with Gasteiger partial charge >= 0.3 is 0 Å². The minimum Gasteiger partial charge on any atom is -0.457 e. The van der Waals surface area contributed by atoms with Gasteiger partial charge in [-0.05, 0) is 44.4 Å². The standard InChI is InChI=1S/C17H18Cl2N2O2.ClH/c1-11(22)20-13-4-7-17(12(8-13)10-21(2)3)23-14-5-6-15(18)16(19)9-14;/h4-9H,10H2,1-3H3,(H,20,22);1H. The van der Waals surface area contributed by atoms with Crippen molar-refractivity contribution in [2.24, 2.45) is 0 Å². The zero-order chi connectivity index (χ0) is 17.0. The van der Waals surface area contributed by atoms with Crippen LogP contribution in [0.1, 0.15) is 12.5 Å². The van der Waals surface area contributed by atoms with Crippen LogP contribution in [0.4, 0.5) is 5.69 Å². The Morgan fingerprint density at radius 1 is 1.12 bits per heavy atom. The molecule has 0 atom stereocenters. The minimum absolute atomic E-state index is 0. The van der Waals surface area contributed by atoms with Crippen molar-refractivity contribution in [2.75, 3.05) is 19.4 Å². The van der Waals surface area contributed by atoms with Gasteiger partial charge in [0.2, 0.25) is 5.91 Å². The summed E-state index contributed by atoms with van der Waals surface area (Å²) in [6.07, 6.45) is 0. The Bertz CT molecular complexity index is 721. The number of nitrogens with one attached hydrogen (secondary N) is 1. The molecular formula is C17H19Cl3N2O2. The first kappa shape index (κ1) is 20.6. The predicted octanol–water partition coefficient (Wildman–Crippen LogP) is 5.23. The highest BCUT2D eigenvalue weighted by Crippen LogP contribution is 2.32. The van der Waals surface area contributed by atoms with Crippen molar-refractivity contribution in [2.45, 2.75) is 13.5 Å². The van der Waals surface area contributed by atoms with Gasteiger partial charge in [0.1, 0.15) is 11.5 Å². The summed E-state index contributed by atoms with van der Waals surface area (Å²) in [7, 11) is 3.93. The third kappa shape index (κ3) is 5.87. The SMILES string of the molecule is CC(=O)Nc1ccc(Oc2ccc(Cl)c(Cl)c2)c(CN(C)C)c1.Cl. The van der Waals surface area contributed by atoms with Crippen molar-refractivity contribution in [1.29, 1.82) is 0 Å². The Morgan fingerprint density at radius 3 is 2.42 bits per heavy atom. The molecule has 0 saturated carbocycles. The fraction of sp³-hybridized carbons (Fsp3) is 0.235. The van der Waals surface area contributed by atoms with Gasteiger partial charge in [-0.15, -0.1) is 12.4 Å². The second kappa shape index (κ2) is 9.14. The van der Waals surface area contributed by atoms with Crippen LogP contribution in [0.2, 0.25) is 10.0 Å². The van der Waals surface area contributed by atoms with Gasteiger partial charge in [0.15, 0.2) is 0 Å². The summed E-state index contributed by atoms with van der Waals surface area (Å²) in [5.74, 6) is 1.19. The van der Waals surface area contributed by atoms with Gasteiger partial charge in [0.05, 0.1) is 10.0 Å². The van der Waals surface area contributed by atoms with Crippen LogP contribution in [0.25, 0.3) is 0 Å². The van der Waals surface area contributed by atoms with Crippen molar-refractivity contribution in [3.8, 4) is 11.5 Å². The molecule has 0 aliphatic carbocycles. The molecule has 0 unspecified atom stereocenters. The molecule has 1 amide bonds. The normalized spacial score (nSPS) is 10.2. The fourth-order valence-corrected chi connectivity index (χ4v) is 2.38. The summed E-state index contributed by atoms with van der Waals surface area (Å²) in [5, 5.41) is 3.69. The van der Waals surface area contributed by atoms with E-state index in [0.29, 0.717) is 28.1 Å². The molecule has 0 aliphatic heterocycles. The number of anilines is 1. The molecule has 0 radical (unpaired) electrons. The number of carbonyl (C=O) groups excluding carboxylic acids is 1. The molecule has 0 saturated heterocycles. The lowest BCUT2D eigenvalue weighted by molar-refractivity contribution is -0.114. The highest BCUT2D eigenvalue weighted by atomic mass is 35.5. The van der Waals surface area contributed by atoms with Crippen LogP contribution >= 0.6 is 35.6 Å². The lowest BCUT2D eigenvalue weighted by Crippen LogP contribution is -2.12. The van der Waals surface area contributed by atoms with Crippen molar-refractivity contribution >= 4 is 47.2 Å². The summed E-state index contributed by atoms with van der Waals surface area (Å²) >= 11 is 11.9. The van der Waals surface area contributed by atoms with Crippen LogP contribution in [-0.4, -0.2) is 24.9 Å². The van der Waals surface area contributed by atoms with Crippen LogP contribution in [0.5, 0.6) is 11.5 Å². The average Bonchev–Trinajstić information content (AvgIpc) is 2.44. The van der Waals surface area contributed by atoms with Gasteiger partial charge in [0, 0.05) is 30.8 Å². The van der Waals surface area contributed by atoms with E-state index in [-0.39, 0.29) is 18.3 Å². The van der Waals surface area contributed by atoms with Gasteiger partial charge in [-0.3, -0.25) is 4.79 Å². The summed E-state index contributed by atoms with van der Waals surface area (Å²) < 4.78 is 5.92. The molecule has 0 aromatic heterocycles. The summed E-state index contributed by atoms with van der Waals surface area (Å²) in [6, 6.07) is 10.6. The van der Waals surface area contributed by atoms with Gasteiger partial charge in [0.25, 0.3) is 0 Å². The Labute approximate surface area is 158 Å². The van der Waals surface area contributed by atoms with Crippen LogP contribution in [0.3, 0.4) is 0 Å². The molecule has 130 valence electrons. The Balaban J connectivity index is 0.00000288. The van der Waals surface area contributed by atoms with E-state index in [1.807, 2.05) is 31.1 Å². The topological polar surface area (TPSA) is 41.6 Å². The summed E-state index contributed by atoms with van der Waals surface area (Å²) in [4.78, 5) is 13.2. The quantitative estimate of drug-likeness (QED) is 0.761. The largest absolute Gasteiger partial charge is 0.457 e. The molecule has 1 N–H and O–H groups in total. The molecule has 24 heavy (non-hydrogen) atoms. The number of benzene rings is 2. The lowest BCUT2D eigenvalue weighted by Gasteiger charge is -2.16. The van der Waals surface area contributed by atoms with Gasteiger partial charge in [-0.25, -0.2) is 0 Å². The molecular weight excluding hydrogens is 371 g/mol. The Morgan fingerprint density at radius 2 is 1.83 bits per heavy atom. The maximum absolute atomic E-state index is 11.2. The number of nitrogens with zero attached hydrogens (tertiary/aromatic N) is 1. The van der Waals surface area contributed by atoms with E-state index in [9.17, 15) is 4.79 Å². The van der Waals surface area contributed by atoms with Crippen molar-refractivity contribution in [3.63, 3.8) is 0 Å². The molecule has 2 rings (SSSR count). The van der Waals surface area contributed by atoms with Crippen LogP contribution in [0, 0.1) is 0 Å². The van der Waals surface area contributed by atoms with Gasteiger partial charge in [-0.1, -0.05) is 23.2 Å². The number of hydrogen-bond acceptors (Lipinski definition) is 3. The van der Waals surface area contributed by atoms with Gasteiger partial charge in [-0.2, -0.15) is 0 Å². The zero-order valence-electron chi connectivity index (χ0n) is 13.6. The molecule has 0 aliphatic rings. The maximum atomic E-state index is 11.2. The summed E-state index contributed by atoms with van der Waals surface area (Å²) in [5.41, 5.74) is 1.68. The van der Waals surface area contributed by atoms with E-state index in [1.165, 1.54) is 6.92 Å². The third-order valence-corrected chi connectivity index (χ3v) is 3.73. The highest BCUT2D eigenvalue weighted by Gasteiger charge is 2.10. The van der Waals surface area contributed by atoms with Crippen LogP contribution < -0.4 is 10.1 Å². The number of halogens is 3. The molecule has 0 bridgehead atoms. The first-order valence-corrected chi connectivity index (χ1v) is 7.79. The third-order valence-electron chi connectivity index (χ3n) is 2.99. The minimum atomic E-state index is -0.112. The first-order chi connectivity index (χ1) is 10.8. The van der Waals surface area contributed by atoms with Crippen molar-refractivity contribution < 1.29 is 9.53 Å². The maximum Gasteiger partial charge on any atom is 0.221 e. The van der Waals surface area contributed by atoms with Crippen molar-refractivity contribution in [3.05, 3.63) is 52.0 Å². The second-order valence-corrected chi connectivity index (χ2v) is 6.23. The van der Waals surface area contributed by atoms with Crippen LogP contribution in [-0.2, 0) is 11.3 Å². The number of amides is 1. The molecule has 0 fully saturated rings. The zero-order valence-corrected chi connectivity index (χ0v) is 15.9. The molecule has 0 heterocycles. The smallest absolute Gasteiger partial charge is 0.221 e. The molecule has 2 aromatic rings. The van der Waals surface area contributed by atoms with E-state index in [1.54, 1.807) is 24.3 Å². The van der Waals surface area contributed by atoms with E-state index in [2.05, 4.69) is 5.32 Å². The van der Waals surface area contributed by atoms with E-state index >= 15 is 0 Å². The van der Waals surface area contributed by atoms with Crippen LogP contribution in [0.15, 0.2) is 36.4 Å². The molecule has 0 spiro atoms. The number of ether oxygens (including phenoxy) is 1. The summed E-state index contributed by atoms with van der Waals surface area (Å²) in [6.45, 7) is 2.15. The van der Waals surface area contributed by atoms with E-state index in [4.69, 9.17) is 27.9 Å². The average molecular weight is 390 g/mol. The number of hydrogen-bond donors (Lipinski definition) is 1. The van der Waals surface area contributed by atoms with Crippen molar-refractivity contribution in [1.82, 2.24) is 4.90 Å². The van der Waals surface area contributed by atoms with E-state index in [0.717, 1.165) is 11.3 Å². The number of rotatable bonds is 5. The van der Waals surface area contributed by atoms with Gasteiger partial charge < -0.3 is 15.0 Å². The Hall–Kier alpha value is -1.46. The Kier molecular flexibility index (Phi) is 7.84. The monoisotopic (exact) mass is 388 g/mol. The lowest BCUT2D eigenvalue weighted by atomic mass is 10.1. The highest BCUT2D eigenvalue weighted by molar-refractivity contribution is 6.42. The number of carbonyl (C=O) groups is 1. The molecule has 2 aromatic carbocycles. The predicted molar refractivity (Wildman–Crippen MR) is 102 cm³/mol. The molecule has 4 nitrogen and oxygen atoms in total.